The summed E-state index contributed by atoms with van der Waals surface area (Å²) in [6, 6.07) is 0. The van der Waals surface area contributed by atoms with Crippen LogP contribution in [-0.4, -0.2) is 0 Å². The van der Waals surface area contributed by atoms with Crippen molar-refractivity contribution in [2.24, 2.45) is 29.1 Å². The van der Waals surface area contributed by atoms with Crippen LogP contribution in [0.1, 0.15) is 333 Å². The van der Waals surface area contributed by atoms with Crippen LogP contribution >= 0.6 is 0 Å². The summed E-state index contributed by atoms with van der Waals surface area (Å²) in [5.41, 5.74) is 0.583. The Labute approximate surface area is 360 Å². The van der Waals surface area contributed by atoms with Gasteiger partial charge in [0.05, 0.1) is 0 Å². The SMILES string of the molecule is C.CCC(C)(C)CC.CCC(C)CC.CCC(CC)CC.CCCC(C)CCC.CCCCC.CCCCCC.CCCCCC(C)C.CCCCCCC. The van der Waals surface area contributed by atoms with E-state index in [0.717, 1.165) is 23.7 Å². The number of hydrogen-bond donors (Lipinski definition) is 0. The topological polar surface area (TPSA) is 0 Å². The van der Waals surface area contributed by atoms with Gasteiger partial charge >= 0.3 is 0 Å². The second kappa shape index (κ2) is 74.9. The molecule has 0 aromatic carbocycles. The summed E-state index contributed by atoms with van der Waals surface area (Å²) in [7, 11) is 0. The lowest BCUT2D eigenvalue weighted by atomic mass is 9.88. The maximum Gasteiger partial charge on any atom is -0.0359 e. The molecular weight excluding hydrogens is 661 g/mol. The van der Waals surface area contributed by atoms with Gasteiger partial charge in [0, 0.05) is 0 Å². The van der Waals surface area contributed by atoms with Crippen molar-refractivity contribution >= 4 is 0 Å². The molecule has 0 aromatic heterocycles. The molecule has 0 aliphatic rings. The fourth-order valence-electron chi connectivity index (χ4n) is 4.87. The summed E-state index contributed by atoms with van der Waals surface area (Å²) in [4.78, 5) is 0. The van der Waals surface area contributed by atoms with Crippen molar-refractivity contribution < 1.29 is 0 Å². The number of unbranched alkanes of at least 4 members (excludes halogenated alkanes) is 11. The minimum Gasteiger partial charge on any atom is -0.0776 e. The molecule has 0 unspecified atom stereocenters. The fourth-order valence-corrected chi connectivity index (χ4v) is 4.87. The molecule has 0 saturated carbocycles. The number of rotatable bonds is 24. The summed E-state index contributed by atoms with van der Waals surface area (Å²) < 4.78 is 0. The van der Waals surface area contributed by atoms with Gasteiger partial charge in [-0.1, -0.05) is 333 Å². The first-order valence-electron chi connectivity index (χ1n) is 25.6. The molecule has 0 heteroatoms. The first-order valence-corrected chi connectivity index (χ1v) is 25.6. The summed E-state index contributed by atoms with van der Waals surface area (Å²) in [5, 5.41) is 0. The van der Waals surface area contributed by atoms with Crippen molar-refractivity contribution in [1.82, 2.24) is 0 Å². The van der Waals surface area contributed by atoms with Gasteiger partial charge in [-0.05, 0) is 29.1 Å². The van der Waals surface area contributed by atoms with Crippen LogP contribution in [0.4, 0.5) is 0 Å². The fraction of sp³-hybridized carbons (Fsp3) is 1.00. The van der Waals surface area contributed by atoms with Crippen molar-refractivity contribution in [3.05, 3.63) is 0 Å². The Morgan fingerprint density at radius 2 is 0.600 bits per heavy atom. The molecule has 0 nitrogen and oxygen atoms in total. The summed E-state index contributed by atoms with van der Waals surface area (Å²) in [6.07, 6.45) is 37.1. The summed E-state index contributed by atoms with van der Waals surface area (Å²) in [5.74, 6) is 3.79. The molecular formula is C55H128. The van der Waals surface area contributed by atoms with Gasteiger partial charge in [0.2, 0.25) is 0 Å². The second-order valence-corrected chi connectivity index (χ2v) is 17.6. The van der Waals surface area contributed by atoms with E-state index in [0.29, 0.717) is 5.41 Å². The molecule has 0 spiro atoms. The summed E-state index contributed by atoms with van der Waals surface area (Å²) >= 11 is 0. The Bertz CT molecular complexity index is 453. The van der Waals surface area contributed by atoms with E-state index in [4.69, 9.17) is 0 Å². The van der Waals surface area contributed by atoms with E-state index < -0.39 is 0 Å². The molecule has 0 saturated heterocycles. The van der Waals surface area contributed by atoms with Crippen LogP contribution in [0.15, 0.2) is 0 Å². The lowest BCUT2D eigenvalue weighted by Gasteiger charge is -2.18. The van der Waals surface area contributed by atoms with E-state index in [-0.39, 0.29) is 7.43 Å². The Kier molecular flexibility index (Phi) is 103. The molecule has 0 amide bonds. The molecule has 0 heterocycles. The zero-order valence-electron chi connectivity index (χ0n) is 43.9. The van der Waals surface area contributed by atoms with Gasteiger partial charge in [-0.3, -0.25) is 0 Å². The maximum absolute atomic E-state index is 2.34. The Hall–Kier alpha value is 0. The van der Waals surface area contributed by atoms with E-state index in [9.17, 15) is 0 Å². The van der Waals surface area contributed by atoms with E-state index in [1.165, 1.54) is 173 Å². The lowest BCUT2D eigenvalue weighted by molar-refractivity contribution is 0.338. The average Bonchev–Trinajstić information content (AvgIpc) is 3.17. The van der Waals surface area contributed by atoms with E-state index >= 15 is 0 Å². The van der Waals surface area contributed by atoms with Crippen LogP contribution in [0, 0.1) is 29.1 Å². The number of hydrogen-bond acceptors (Lipinski definition) is 0. The largest absolute Gasteiger partial charge is 0.0776 e. The van der Waals surface area contributed by atoms with E-state index in [2.05, 4.69) is 152 Å². The highest BCUT2D eigenvalue weighted by Crippen LogP contribution is 2.22. The van der Waals surface area contributed by atoms with Gasteiger partial charge in [-0.2, -0.15) is 0 Å². The van der Waals surface area contributed by atoms with Crippen LogP contribution in [0.2, 0.25) is 0 Å². The highest BCUT2D eigenvalue weighted by atomic mass is 14.2. The molecule has 0 radical (unpaired) electrons. The highest BCUT2D eigenvalue weighted by molar-refractivity contribution is 4.61. The molecule has 0 rings (SSSR count). The Morgan fingerprint density at radius 3 is 0.745 bits per heavy atom. The standard InChI is InChI=1S/2C8H18.3C7H16.2C6H14.C5H12.CH4/c1-4-5-6-7-8(2)3;1-4-6-8(3)7-5-2;1-5-7(3,4)6-2;1-4-7(5-2)6-3;1-3-5-7-6-4-2;1-4-6(3)5-2;1-3-5-6-4-2;1-3-5-4-2;/h2*8H,4-7H2,1-3H3;5-6H2,1-4H3;7H,4-6H2,1-3H3;3-7H2,1-2H3;6H,4-5H2,1-3H3;3-6H2,1-2H3;3-5H2,1-2H3;1H4. The first kappa shape index (κ1) is 75.8. The van der Waals surface area contributed by atoms with Crippen LogP contribution < -0.4 is 0 Å². The van der Waals surface area contributed by atoms with Crippen molar-refractivity contribution in [3.8, 4) is 0 Å². The van der Waals surface area contributed by atoms with Crippen molar-refractivity contribution in [2.75, 3.05) is 0 Å². The Morgan fingerprint density at radius 1 is 0.309 bits per heavy atom. The second-order valence-electron chi connectivity index (χ2n) is 17.6. The van der Waals surface area contributed by atoms with E-state index in [1.54, 1.807) is 0 Å². The summed E-state index contributed by atoms with van der Waals surface area (Å²) in [6.45, 7) is 49.7. The van der Waals surface area contributed by atoms with Gasteiger partial charge in [0.1, 0.15) is 0 Å². The molecule has 0 N–H and O–H groups in total. The predicted octanol–water partition coefficient (Wildman–Crippen LogP) is 22.9. The normalized spacial score (nSPS) is 9.93. The van der Waals surface area contributed by atoms with Crippen LogP contribution in [-0.2, 0) is 0 Å². The van der Waals surface area contributed by atoms with Gasteiger partial charge in [-0.15, -0.1) is 0 Å². The van der Waals surface area contributed by atoms with Crippen LogP contribution in [0.3, 0.4) is 0 Å². The molecule has 348 valence electrons. The minimum atomic E-state index is 0. The zero-order valence-corrected chi connectivity index (χ0v) is 43.9. The van der Waals surface area contributed by atoms with Crippen LogP contribution in [0.25, 0.3) is 0 Å². The van der Waals surface area contributed by atoms with Gasteiger partial charge in [0.25, 0.3) is 0 Å². The Balaban J connectivity index is -0.0000000629. The molecule has 0 aliphatic heterocycles. The smallest absolute Gasteiger partial charge is 0.0359 e. The molecule has 55 heavy (non-hydrogen) atoms. The molecule has 0 fully saturated rings. The van der Waals surface area contributed by atoms with Gasteiger partial charge < -0.3 is 0 Å². The van der Waals surface area contributed by atoms with Crippen molar-refractivity contribution in [2.45, 2.75) is 333 Å². The predicted molar refractivity (Wildman–Crippen MR) is 273 cm³/mol. The molecule has 0 atom stereocenters. The third-order valence-electron chi connectivity index (χ3n) is 10.9. The van der Waals surface area contributed by atoms with Crippen molar-refractivity contribution in [1.29, 1.82) is 0 Å². The lowest BCUT2D eigenvalue weighted by Crippen LogP contribution is -2.05. The minimum absolute atomic E-state index is 0. The van der Waals surface area contributed by atoms with Crippen LogP contribution in [0.5, 0.6) is 0 Å². The van der Waals surface area contributed by atoms with Gasteiger partial charge in [-0.25, -0.2) is 0 Å². The third-order valence-corrected chi connectivity index (χ3v) is 10.9. The average molecular weight is 790 g/mol. The van der Waals surface area contributed by atoms with Gasteiger partial charge in [0.15, 0.2) is 0 Å². The first-order chi connectivity index (χ1) is 25.6. The molecule has 0 bridgehead atoms. The maximum atomic E-state index is 2.34. The third kappa shape index (κ3) is 113. The molecule has 0 aliphatic carbocycles. The highest BCUT2D eigenvalue weighted by Gasteiger charge is 2.09. The van der Waals surface area contributed by atoms with E-state index in [1.807, 2.05) is 0 Å². The quantitative estimate of drug-likeness (QED) is 0.0855. The zero-order chi connectivity index (χ0) is 43.9. The monoisotopic (exact) mass is 789 g/mol. The van der Waals surface area contributed by atoms with Crippen molar-refractivity contribution in [3.63, 3.8) is 0 Å². The molecule has 0 aromatic rings.